The van der Waals surface area contributed by atoms with Crippen LogP contribution in [0.4, 0.5) is 0 Å². The molecule has 1 aromatic rings. The van der Waals surface area contributed by atoms with Crippen molar-refractivity contribution in [2.45, 2.75) is 52.6 Å². The van der Waals surface area contributed by atoms with Crippen LogP contribution in [-0.4, -0.2) is 56.5 Å². The molecule has 0 aliphatic rings. The van der Waals surface area contributed by atoms with E-state index in [1.807, 2.05) is 13.8 Å². The zero-order valence-electron chi connectivity index (χ0n) is 21.2. The van der Waals surface area contributed by atoms with Crippen molar-refractivity contribution >= 4 is 35.3 Å². The maximum Gasteiger partial charge on any atom is 0.328 e. The number of benzene rings is 1. The summed E-state index contributed by atoms with van der Waals surface area (Å²) >= 11 is 6.18. The van der Waals surface area contributed by atoms with Crippen LogP contribution in [0, 0.1) is 11.3 Å². The van der Waals surface area contributed by atoms with E-state index in [2.05, 4.69) is 22.5 Å². The summed E-state index contributed by atoms with van der Waals surface area (Å²) in [5.41, 5.74) is -0.345. The molecule has 194 valence electrons. The molecule has 1 aromatic carbocycles. The molecule has 0 aromatic heterocycles. The number of ether oxygens (including phenoxy) is 2. The van der Waals surface area contributed by atoms with E-state index in [0.29, 0.717) is 22.8 Å². The molecule has 3 N–H and O–H groups in total. The van der Waals surface area contributed by atoms with Crippen molar-refractivity contribution in [2.24, 2.45) is 11.3 Å². The second-order valence-electron chi connectivity index (χ2n) is 9.22. The Balaban J connectivity index is 2.92. The van der Waals surface area contributed by atoms with Gasteiger partial charge in [-0.1, -0.05) is 38.1 Å². The van der Waals surface area contributed by atoms with Gasteiger partial charge in [-0.15, -0.1) is 0 Å². The molecule has 0 saturated heterocycles. The van der Waals surface area contributed by atoms with Gasteiger partial charge in [0, 0.05) is 13.0 Å². The summed E-state index contributed by atoms with van der Waals surface area (Å²) in [6.07, 6.45) is 1.64. The maximum absolute atomic E-state index is 13.0. The largest absolute Gasteiger partial charge is 0.495 e. The molecule has 10 heteroatoms. The second-order valence-corrected chi connectivity index (χ2v) is 9.63. The van der Waals surface area contributed by atoms with Gasteiger partial charge in [0.15, 0.2) is 0 Å². The fourth-order valence-corrected chi connectivity index (χ4v) is 3.49. The average molecular weight is 510 g/mol. The van der Waals surface area contributed by atoms with Crippen molar-refractivity contribution in [2.75, 3.05) is 20.8 Å². The van der Waals surface area contributed by atoms with Crippen molar-refractivity contribution in [3.05, 3.63) is 41.4 Å². The molecule has 0 heterocycles. The number of rotatable bonds is 13. The number of hydrogen-bond donors (Lipinski definition) is 3. The van der Waals surface area contributed by atoms with E-state index in [4.69, 9.17) is 21.1 Å². The standard InChI is InChI=1S/C25H36ClN3O6/c1-8-21(30)28-18(13-16-9-10-20(34-6)17(26)12-16)22(31)27-14-25(4,5)24(33)29-19(11-15(2)3)23(32)35-7/h8-10,12,15,18-19H,1,11,13-14H2,2-7H3,(H,27,31)(H,28,30)(H,29,33)/t18-,19+/m1/s1. The molecule has 0 spiro atoms. The Hall–Kier alpha value is -3.07. The van der Waals surface area contributed by atoms with E-state index in [9.17, 15) is 19.2 Å². The number of hydrogen-bond acceptors (Lipinski definition) is 6. The second kappa shape index (κ2) is 13.7. The van der Waals surface area contributed by atoms with Crippen LogP contribution in [0.1, 0.15) is 39.7 Å². The normalized spacial score (nSPS) is 12.8. The summed E-state index contributed by atoms with van der Waals surface area (Å²) in [4.78, 5) is 49.9. The number of esters is 1. The first kappa shape index (κ1) is 30.0. The van der Waals surface area contributed by atoms with Gasteiger partial charge in [-0.05, 0) is 50.0 Å². The van der Waals surface area contributed by atoms with Crippen molar-refractivity contribution < 1.29 is 28.7 Å². The van der Waals surface area contributed by atoms with Gasteiger partial charge in [0.2, 0.25) is 17.7 Å². The van der Waals surface area contributed by atoms with Gasteiger partial charge < -0.3 is 25.4 Å². The molecule has 0 fully saturated rings. The molecule has 0 unspecified atom stereocenters. The van der Waals surface area contributed by atoms with E-state index in [-0.39, 0.29) is 18.9 Å². The minimum atomic E-state index is -1.05. The van der Waals surface area contributed by atoms with E-state index >= 15 is 0 Å². The molecule has 2 atom stereocenters. The zero-order chi connectivity index (χ0) is 26.8. The number of amides is 3. The van der Waals surface area contributed by atoms with E-state index in [1.165, 1.54) is 14.2 Å². The van der Waals surface area contributed by atoms with Crippen LogP contribution in [0.5, 0.6) is 5.75 Å². The molecular weight excluding hydrogens is 474 g/mol. The molecule has 3 amide bonds. The molecule has 35 heavy (non-hydrogen) atoms. The number of carbonyl (C=O) groups excluding carboxylic acids is 4. The molecule has 0 radical (unpaired) electrons. The Morgan fingerprint density at radius 2 is 1.77 bits per heavy atom. The summed E-state index contributed by atoms with van der Waals surface area (Å²) in [7, 11) is 2.76. The smallest absolute Gasteiger partial charge is 0.328 e. The number of methoxy groups -OCH3 is 2. The van der Waals surface area contributed by atoms with E-state index in [1.54, 1.807) is 32.0 Å². The van der Waals surface area contributed by atoms with Gasteiger partial charge in [-0.25, -0.2) is 4.79 Å². The molecular formula is C25H36ClN3O6. The van der Waals surface area contributed by atoms with Gasteiger partial charge in [-0.2, -0.15) is 0 Å². The third-order valence-electron chi connectivity index (χ3n) is 5.29. The summed E-state index contributed by atoms with van der Waals surface area (Å²) in [6, 6.07) is 3.34. The summed E-state index contributed by atoms with van der Waals surface area (Å²) in [6.45, 7) is 10.5. The highest BCUT2D eigenvalue weighted by atomic mass is 35.5. The van der Waals surface area contributed by atoms with Crippen molar-refractivity contribution in [1.29, 1.82) is 0 Å². The van der Waals surface area contributed by atoms with Gasteiger partial charge in [0.25, 0.3) is 0 Å². The first-order valence-corrected chi connectivity index (χ1v) is 11.6. The average Bonchev–Trinajstić information content (AvgIpc) is 2.80. The van der Waals surface area contributed by atoms with Crippen molar-refractivity contribution in [3.63, 3.8) is 0 Å². The Bertz CT molecular complexity index is 932. The third kappa shape index (κ3) is 9.60. The van der Waals surface area contributed by atoms with E-state index in [0.717, 1.165) is 6.08 Å². The Kier molecular flexibility index (Phi) is 11.7. The van der Waals surface area contributed by atoms with Crippen LogP contribution in [0.25, 0.3) is 0 Å². The molecule has 1 rings (SSSR count). The Morgan fingerprint density at radius 1 is 1.11 bits per heavy atom. The summed E-state index contributed by atoms with van der Waals surface area (Å²) in [5, 5.41) is 8.42. The predicted octanol–water partition coefficient (Wildman–Crippen LogP) is 2.41. The lowest BCUT2D eigenvalue weighted by Crippen LogP contribution is -2.53. The fourth-order valence-electron chi connectivity index (χ4n) is 3.21. The van der Waals surface area contributed by atoms with Gasteiger partial charge >= 0.3 is 5.97 Å². The van der Waals surface area contributed by atoms with Gasteiger partial charge in [0.1, 0.15) is 17.8 Å². The Labute approximate surface area is 212 Å². The Morgan fingerprint density at radius 3 is 2.29 bits per heavy atom. The number of halogens is 1. The van der Waals surface area contributed by atoms with Gasteiger partial charge in [0.05, 0.1) is 24.7 Å². The van der Waals surface area contributed by atoms with Crippen LogP contribution >= 0.6 is 11.6 Å². The monoisotopic (exact) mass is 509 g/mol. The summed E-state index contributed by atoms with van der Waals surface area (Å²) < 4.78 is 9.94. The zero-order valence-corrected chi connectivity index (χ0v) is 22.0. The molecule has 9 nitrogen and oxygen atoms in total. The topological polar surface area (TPSA) is 123 Å². The lowest BCUT2D eigenvalue weighted by Gasteiger charge is -2.28. The lowest BCUT2D eigenvalue weighted by molar-refractivity contribution is -0.147. The maximum atomic E-state index is 13.0. The number of carbonyl (C=O) groups is 4. The highest BCUT2D eigenvalue weighted by molar-refractivity contribution is 6.32. The first-order valence-electron chi connectivity index (χ1n) is 11.3. The lowest BCUT2D eigenvalue weighted by atomic mass is 9.91. The van der Waals surface area contributed by atoms with Crippen LogP contribution in [0.3, 0.4) is 0 Å². The molecule has 0 aliphatic carbocycles. The minimum Gasteiger partial charge on any atom is -0.495 e. The third-order valence-corrected chi connectivity index (χ3v) is 5.59. The molecule has 0 aliphatic heterocycles. The van der Waals surface area contributed by atoms with Crippen molar-refractivity contribution in [3.8, 4) is 5.75 Å². The van der Waals surface area contributed by atoms with Crippen LogP contribution in [-0.2, 0) is 30.3 Å². The van der Waals surface area contributed by atoms with Crippen LogP contribution < -0.4 is 20.7 Å². The highest BCUT2D eigenvalue weighted by Crippen LogP contribution is 2.25. The highest BCUT2D eigenvalue weighted by Gasteiger charge is 2.33. The minimum absolute atomic E-state index is 0.0307. The number of nitrogens with one attached hydrogen (secondary N) is 3. The van der Waals surface area contributed by atoms with Crippen LogP contribution in [0.2, 0.25) is 5.02 Å². The molecule has 0 bridgehead atoms. The fraction of sp³-hybridized carbons (Fsp3) is 0.520. The predicted molar refractivity (Wildman–Crippen MR) is 134 cm³/mol. The SMILES string of the molecule is C=CC(=O)N[C@H](Cc1ccc(OC)c(Cl)c1)C(=O)NCC(C)(C)C(=O)N[C@@H](CC(C)C)C(=O)OC. The van der Waals surface area contributed by atoms with E-state index < -0.39 is 41.2 Å². The quantitative estimate of drug-likeness (QED) is 0.277. The van der Waals surface area contributed by atoms with Crippen molar-refractivity contribution in [1.82, 2.24) is 16.0 Å². The molecule has 0 saturated carbocycles. The van der Waals surface area contributed by atoms with Crippen LogP contribution in [0.15, 0.2) is 30.9 Å². The van der Waals surface area contributed by atoms with Gasteiger partial charge in [-0.3, -0.25) is 14.4 Å². The first-order chi connectivity index (χ1) is 16.3. The summed E-state index contributed by atoms with van der Waals surface area (Å²) in [5.74, 6) is -1.30.